The Hall–Kier alpha value is -1.31. The molecular formula is C11H20N2O5S. The van der Waals surface area contributed by atoms with Crippen LogP contribution in [0.4, 0.5) is 4.79 Å². The molecule has 2 atom stereocenters. The summed E-state index contributed by atoms with van der Waals surface area (Å²) in [5.74, 6) is -1.06. The molecule has 7 nitrogen and oxygen atoms in total. The van der Waals surface area contributed by atoms with Gasteiger partial charge in [0.25, 0.3) is 0 Å². The van der Waals surface area contributed by atoms with Gasteiger partial charge in [0.05, 0.1) is 11.5 Å². The van der Waals surface area contributed by atoms with Crippen LogP contribution in [0.1, 0.15) is 26.2 Å². The molecule has 2 N–H and O–H groups in total. The Morgan fingerprint density at radius 3 is 2.53 bits per heavy atom. The van der Waals surface area contributed by atoms with Crippen molar-refractivity contribution in [2.24, 2.45) is 0 Å². The molecule has 0 aromatic heterocycles. The number of nitrogens with zero attached hydrogens (tertiary/aromatic N) is 1. The molecule has 2 amide bonds. The summed E-state index contributed by atoms with van der Waals surface area (Å²) in [6.45, 7) is 1.83. The van der Waals surface area contributed by atoms with Crippen molar-refractivity contribution in [2.45, 2.75) is 38.3 Å². The number of carboxylic acids is 1. The van der Waals surface area contributed by atoms with Gasteiger partial charge >= 0.3 is 12.0 Å². The molecule has 0 bridgehead atoms. The van der Waals surface area contributed by atoms with Gasteiger partial charge in [0, 0.05) is 13.1 Å². The SMILES string of the molecule is CCC[C@@H](NC(=O)N(C)C1CCS(=O)(=O)C1)C(=O)O. The van der Waals surface area contributed by atoms with E-state index >= 15 is 0 Å². The molecule has 1 saturated heterocycles. The van der Waals surface area contributed by atoms with E-state index in [0.29, 0.717) is 19.3 Å². The normalized spacial score (nSPS) is 22.7. The summed E-state index contributed by atoms with van der Waals surface area (Å²) in [7, 11) is -1.58. The van der Waals surface area contributed by atoms with Gasteiger partial charge in [-0.2, -0.15) is 0 Å². The lowest BCUT2D eigenvalue weighted by Crippen LogP contribution is -2.50. The molecule has 0 aromatic carbocycles. The Bertz CT molecular complexity index is 448. The van der Waals surface area contributed by atoms with Crippen molar-refractivity contribution in [3.8, 4) is 0 Å². The number of amides is 2. The average Bonchev–Trinajstić information content (AvgIpc) is 2.67. The van der Waals surface area contributed by atoms with E-state index < -0.39 is 27.9 Å². The number of carbonyl (C=O) groups is 2. The number of nitrogens with one attached hydrogen (secondary N) is 1. The quantitative estimate of drug-likeness (QED) is 0.746. The zero-order valence-electron chi connectivity index (χ0n) is 11.1. The van der Waals surface area contributed by atoms with Crippen LogP contribution in [0.5, 0.6) is 0 Å². The van der Waals surface area contributed by atoms with Gasteiger partial charge in [0.15, 0.2) is 9.84 Å². The summed E-state index contributed by atoms with van der Waals surface area (Å²) in [4.78, 5) is 24.1. The summed E-state index contributed by atoms with van der Waals surface area (Å²) in [5.41, 5.74) is 0. The third-order valence-electron chi connectivity index (χ3n) is 3.25. The monoisotopic (exact) mass is 292 g/mol. The van der Waals surface area contributed by atoms with Crippen LogP contribution in [-0.4, -0.2) is 61.1 Å². The summed E-state index contributed by atoms with van der Waals surface area (Å²) >= 11 is 0. The first-order chi connectivity index (χ1) is 8.76. The average molecular weight is 292 g/mol. The molecule has 1 aliphatic heterocycles. The maximum absolute atomic E-state index is 11.9. The molecule has 1 rings (SSSR count). The van der Waals surface area contributed by atoms with Crippen LogP contribution in [0, 0.1) is 0 Å². The molecule has 0 radical (unpaired) electrons. The summed E-state index contributed by atoms with van der Waals surface area (Å²) in [5, 5.41) is 11.4. The van der Waals surface area contributed by atoms with Gasteiger partial charge in [0.2, 0.25) is 0 Å². The number of carbonyl (C=O) groups excluding carboxylic acids is 1. The van der Waals surface area contributed by atoms with E-state index in [4.69, 9.17) is 5.11 Å². The number of aliphatic carboxylic acids is 1. The largest absolute Gasteiger partial charge is 0.480 e. The van der Waals surface area contributed by atoms with Gasteiger partial charge in [-0.15, -0.1) is 0 Å². The van der Waals surface area contributed by atoms with E-state index in [-0.39, 0.29) is 17.5 Å². The van der Waals surface area contributed by atoms with Gasteiger partial charge < -0.3 is 15.3 Å². The topological polar surface area (TPSA) is 104 Å². The Morgan fingerprint density at radius 2 is 2.11 bits per heavy atom. The molecule has 1 fully saturated rings. The highest BCUT2D eigenvalue weighted by Crippen LogP contribution is 2.16. The molecule has 1 aliphatic rings. The van der Waals surface area contributed by atoms with E-state index in [9.17, 15) is 18.0 Å². The standard InChI is InChI=1S/C11H20N2O5S/c1-3-4-9(10(14)15)12-11(16)13(2)8-5-6-19(17,18)7-8/h8-9H,3-7H2,1-2H3,(H,12,16)(H,14,15)/t8?,9-/m1/s1. The Morgan fingerprint density at radius 1 is 1.47 bits per heavy atom. The second-order valence-corrected chi connectivity index (χ2v) is 7.03. The molecule has 0 aliphatic carbocycles. The highest BCUT2D eigenvalue weighted by molar-refractivity contribution is 7.91. The first kappa shape index (κ1) is 15.7. The van der Waals surface area contributed by atoms with Crippen molar-refractivity contribution < 1.29 is 23.1 Å². The van der Waals surface area contributed by atoms with Crippen LogP contribution >= 0.6 is 0 Å². The Balaban J connectivity index is 2.60. The predicted octanol–water partition coefficient (Wildman–Crippen LogP) is 0.0682. The van der Waals surface area contributed by atoms with Gasteiger partial charge in [-0.25, -0.2) is 18.0 Å². The lowest BCUT2D eigenvalue weighted by Gasteiger charge is -2.25. The molecule has 0 saturated carbocycles. The first-order valence-electron chi connectivity index (χ1n) is 6.23. The number of sulfone groups is 1. The highest BCUT2D eigenvalue weighted by atomic mass is 32.2. The second-order valence-electron chi connectivity index (χ2n) is 4.80. The van der Waals surface area contributed by atoms with Crippen LogP contribution in [0.2, 0.25) is 0 Å². The summed E-state index contributed by atoms with van der Waals surface area (Å²) in [6, 6.07) is -1.85. The van der Waals surface area contributed by atoms with Crippen molar-refractivity contribution in [1.29, 1.82) is 0 Å². The Labute approximate surface area is 112 Å². The van der Waals surface area contributed by atoms with Crippen LogP contribution < -0.4 is 5.32 Å². The fraction of sp³-hybridized carbons (Fsp3) is 0.818. The number of hydrogen-bond acceptors (Lipinski definition) is 4. The molecule has 110 valence electrons. The van der Waals surface area contributed by atoms with Crippen molar-refractivity contribution in [3.05, 3.63) is 0 Å². The smallest absolute Gasteiger partial charge is 0.326 e. The number of carboxylic acid groups (broad SMARTS) is 1. The van der Waals surface area contributed by atoms with Gasteiger partial charge in [-0.1, -0.05) is 13.3 Å². The molecule has 1 unspecified atom stereocenters. The summed E-state index contributed by atoms with van der Waals surface area (Å²) < 4.78 is 22.7. The molecule has 19 heavy (non-hydrogen) atoms. The maximum Gasteiger partial charge on any atom is 0.326 e. The second kappa shape index (κ2) is 6.23. The number of hydrogen-bond donors (Lipinski definition) is 2. The number of rotatable bonds is 5. The van der Waals surface area contributed by atoms with E-state index in [2.05, 4.69) is 5.32 Å². The number of urea groups is 1. The molecule has 0 spiro atoms. The third-order valence-corrected chi connectivity index (χ3v) is 5.00. The van der Waals surface area contributed by atoms with Crippen LogP contribution in [0.25, 0.3) is 0 Å². The Kier molecular flexibility index (Phi) is 5.16. The van der Waals surface area contributed by atoms with E-state index in [0.717, 1.165) is 0 Å². The van der Waals surface area contributed by atoms with E-state index in [1.54, 1.807) is 0 Å². The van der Waals surface area contributed by atoms with Crippen molar-refractivity contribution in [3.63, 3.8) is 0 Å². The van der Waals surface area contributed by atoms with Gasteiger partial charge in [-0.05, 0) is 12.8 Å². The lowest BCUT2D eigenvalue weighted by atomic mass is 10.2. The van der Waals surface area contributed by atoms with Gasteiger partial charge in [0.1, 0.15) is 6.04 Å². The zero-order chi connectivity index (χ0) is 14.6. The minimum absolute atomic E-state index is 0.0531. The minimum Gasteiger partial charge on any atom is -0.480 e. The fourth-order valence-electron chi connectivity index (χ4n) is 2.04. The molecule has 0 aromatic rings. The van der Waals surface area contributed by atoms with Crippen molar-refractivity contribution >= 4 is 21.8 Å². The van der Waals surface area contributed by atoms with Crippen molar-refractivity contribution in [1.82, 2.24) is 10.2 Å². The fourth-order valence-corrected chi connectivity index (χ4v) is 3.82. The summed E-state index contributed by atoms with van der Waals surface area (Å²) in [6.07, 6.45) is 1.38. The van der Waals surface area contributed by atoms with Crippen molar-refractivity contribution in [2.75, 3.05) is 18.6 Å². The van der Waals surface area contributed by atoms with Crippen LogP contribution in [0.3, 0.4) is 0 Å². The third kappa shape index (κ3) is 4.38. The highest BCUT2D eigenvalue weighted by Gasteiger charge is 2.33. The lowest BCUT2D eigenvalue weighted by molar-refractivity contribution is -0.139. The minimum atomic E-state index is -3.07. The van der Waals surface area contributed by atoms with Crippen LogP contribution in [-0.2, 0) is 14.6 Å². The maximum atomic E-state index is 11.9. The molecule has 8 heteroatoms. The zero-order valence-corrected chi connectivity index (χ0v) is 11.9. The molecule has 1 heterocycles. The molecular weight excluding hydrogens is 272 g/mol. The van der Waals surface area contributed by atoms with Gasteiger partial charge in [-0.3, -0.25) is 0 Å². The van der Waals surface area contributed by atoms with Crippen LogP contribution in [0.15, 0.2) is 0 Å². The van der Waals surface area contributed by atoms with E-state index in [1.807, 2.05) is 6.92 Å². The van der Waals surface area contributed by atoms with E-state index in [1.165, 1.54) is 11.9 Å². The predicted molar refractivity (Wildman–Crippen MR) is 69.7 cm³/mol. The first-order valence-corrected chi connectivity index (χ1v) is 8.05.